The molecule has 9 aromatic carbocycles. The summed E-state index contributed by atoms with van der Waals surface area (Å²) in [5.41, 5.74) is 22.7. The number of anilines is 5. The lowest BCUT2D eigenvalue weighted by Gasteiger charge is -2.42. The highest BCUT2D eigenvalue weighted by molar-refractivity contribution is 6.94. The van der Waals surface area contributed by atoms with E-state index in [0.717, 1.165) is 94.2 Å². The van der Waals surface area contributed by atoms with Crippen LogP contribution in [0.2, 0.25) is 0 Å². The zero-order valence-corrected chi connectivity index (χ0v) is 45.9. The number of para-hydroxylation sites is 2. The van der Waals surface area contributed by atoms with E-state index in [1.165, 1.54) is 49.9 Å². The predicted molar refractivity (Wildman–Crippen MR) is 324 cm³/mol. The SMILES string of the molecule is CC(C)(C)c1ccc(N2B3c4cc(C(C)(C)C)ccc4-n4c5cc(N(c6ccc(C(C)(C)C)cc6)c6ccc(C(C)(C)C)cc6)ccc5c5c6oc7ccccc7c6c(c3c54)-c3cc4oc5ccccc5c4cc32)cc1. The van der Waals surface area contributed by atoms with Crippen molar-refractivity contribution in [3.8, 4) is 16.8 Å². The van der Waals surface area contributed by atoms with Crippen LogP contribution in [0, 0.1) is 0 Å². The van der Waals surface area contributed by atoms with Crippen LogP contribution in [0.15, 0.2) is 179 Å². The summed E-state index contributed by atoms with van der Waals surface area (Å²) in [6, 6.07) is 64.0. The first-order valence-corrected chi connectivity index (χ1v) is 27.2. The summed E-state index contributed by atoms with van der Waals surface area (Å²) in [7, 11) is 0. The van der Waals surface area contributed by atoms with E-state index in [2.05, 4.69) is 267 Å². The number of hydrogen-bond donors (Lipinski definition) is 0. The topological polar surface area (TPSA) is 37.7 Å². The molecular weight excluding hydrogens is 926 g/mol. The third-order valence-electron chi connectivity index (χ3n) is 16.8. The van der Waals surface area contributed by atoms with E-state index in [0.29, 0.717) is 0 Å². The van der Waals surface area contributed by atoms with Crippen molar-refractivity contribution >= 4 is 112 Å². The van der Waals surface area contributed by atoms with E-state index in [-0.39, 0.29) is 28.5 Å². The van der Waals surface area contributed by atoms with Gasteiger partial charge in [0.25, 0.3) is 0 Å². The van der Waals surface area contributed by atoms with Crippen molar-refractivity contribution in [1.29, 1.82) is 0 Å². The minimum absolute atomic E-state index is 0.00686. The fourth-order valence-corrected chi connectivity index (χ4v) is 12.7. The van der Waals surface area contributed by atoms with Gasteiger partial charge in [0, 0.05) is 66.6 Å². The molecule has 374 valence electrons. The number of fused-ring (bicyclic) bond motifs is 16. The molecule has 12 aromatic rings. The second kappa shape index (κ2) is 15.8. The number of aromatic nitrogens is 1. The molecule has 0 aliphatic carbocycles. The Labute approximate surface area is 446 Å². The van der Waals surface area contributed by atoms with Crippen LogP contribution in [0.3, 0.4) is 0 Å². The predicted octanol–water partition coefficient (Wildman–Crippen LogP) is 18.5. The van der Waals surface area contributed by atoms with Crippen LogP contribution < -0.4 is 20.6 Å². The normalized spacial score (nSPS) is 13.7. The van der Waals surface area contributed by atoms with Gasteiger partial charge in [0.05, 0.1) is 16.4 Å². The fraction of sp³-hybridized carbons (Fsp3) is 0.229. The molecule has 2 aliphatic heterocycles. The van der Waals surface area contributed by atoms with Crippen LogP contribution >= 0.6 is 0 Å². The first kappa shape index (κ1) is 46.6. The van der Waals surface area contributed by atoms with Crippen LogP contribution in [0.4, 0.5) is 28.4 Å². The van der Waals surface area contributed by atoms with Gasteiger partial charge in [-0.1, -0.05) is 168 Å². The standard InChI is InChI=1S/C70H64BN3O2/c1-67(2,3)41-21-28-45(29-22-41)72(46-30-23-42(24-31-46)68(4,5)6)48-34-35-50-56(38-48)73-55-36-27-44(70(10,11)12)37-54(55)71-64-61(62-51-18-14-16-20-59(51)76-66(62)63(50)65(64)73)53-40-60-52(49-17-13-15-19-58(49)75-60)39-57(53)74(71)47-32-25-43(26-33-47)69(7,8)9/h13-40H,1-12H3. The van der Waals surface area contributed by atoms with E-state index in [4.69, 9.17) is 8.83 Å². The van der Waals surface area contributed by atoms with Gasteiger partial charge in [-0.25, -0.2) is 0 Å². The van der Waals surface area contributed by atoms with E-state index >= 15 is 0 Å². The second-order valence-corrected chi connectivity index (χ2v) is 25.8. The highest BCUT2D eigenvalue weighted by atomic mass is 16.3. The number of benzene rings is 9. The quantitative estimate of drug-likeness (QED) is 0.165. The Morgan fingerprint density at radius 3 is 1.57 bits per heavy atom. The Hall–Kier alpha value is -7.96. The minimum Gasteiger partial charge on any atom is -0.456 e. The lowest BCUT2D eigenvalue weighted by Crippen LogP contribution is -2.60. The fourth-order valence-electron chi connectivity index (χ4n) is 12.7. The van der Waals surface area contributed by atoms with Crippen molar-refractivity contribution in [3.05, 3.63) is 192 Å². The molecule has 0 atom stereocenters. The van der Waals surface area contributed by atoms with E-state index in [9.17, 15) is 0 Å². The van der Waals surface area contributed by atoms with E-state index < -0.39 is 0 Å². The molecule has 3 aromatic heterocycles. The third-order valence-corrected chi connectivity index (χ3v) is 16.8. The van der Waals surface area contributed by atoms with Crippen LogP contribution in [-0.2, 0) is 21.7 Å². The summed E-state index contributed by atoms with van der Waals surface area (Å²) in [6.07, 6.45) is 0. The largest absolute Gasteiger partial charge is 0.456 e. The summed E-state index contributed by atoms with van der Waals surface area (Å²) in [4.78, 5) is 5.09. The maximum atomic E-state index is 7.30. The first-order chi connectivity index (χ1) is 36.2. The van der Waals surface area contributed by atoms with Gasteiger partial charge in [0.1, 0.15) is 22.3 Å². The van der Waals surface area contributed by atoms with Crippen LogP contribution in [0.5, 0.6) is 0 Å². The molecule has 0 spiro atoms. The lowest BCUT2D eigenvalue weighted by molar-refractivity contribution is 0.590. The summed E-state index contributed by atoms with van der Waals surface area (Å²) in [6.45, 7) is 27.4. The molecule has 0 radical (unpaired) electrons. The van der Waals surface area contributed by atoms with Crippen molar-refractivity contribution in [2.45, 2.75) is 105 Å². The summed E-state index contributed by atoms with van der Waals surface area (Å²) < 4.78 is 16.7. The smallest absolute Gasteiger partial charge is 0.333 e. The summed E-state index contributed by atoms with van der Waals surface area (Å²) in [5.74, 6) is 0. The van der Waals surface area contributed by atoms with Gasteiger partial charge in [-0.2, -0.15) is 0 Å². The van der Waals surface area contributed by atoms with Crippen LogP contribution in [0.25, 0.3) is 82.5 Å². The molecule has 14 rings (SSSR count). The molecule has 0 bridgehead atoms. The molecule has 0 unspecified atom stereocenters. The van der Waals surface area contributed by atoms with E-state index in [1.54, 1.807) is 0 Å². The first-order valence-electron chi connectivity index (χ1n) is 27.2. The van der Waals surface area contributed by atoms with Gasteiger partial charge < -0.3 is 23.1 Å². The number of nitrogens with zero attached hydrogens (tertiary/aromatic N) is 3. The Kier molecular flexibility index (Phi) is 9.68. The monoisotopic (exact) mass is 990 g/mol. The summed E-state index contributed by atoms with van der Waals surface area (Å²) in [5, 5.41) is 6.76. The molecular formula is C70H64BN3O2. The molecule has 76 heavy (non-hydrogen) atoms. The van der Waals surface area contributed by atoms with Gasteiger partial charge in [0.2, 0.25) is 0 Å². The third kappa shape index (κ3) is 6.84. The zero-order valence-electron chi connectivity index (χ0n) is 45.9. The van der Waals surface area contributed by atoms with Gasteiger partial charge in [-0.05, 0) is 145 Å². The lowest BCUT2D eigenvalue weighted by atomic mass is 9.43. The Balaban J connectivity index is 1.14. The number of hydrogen-bond acceptors (Lipinski definition) is 4. The molecule has 0 saturated heterocycles. The van der Waals surface area contributed by atoms with Crippen molar-refractivity contribution in [3.63, 3.8) is 0 Å². The van der Waals surface area contributed by atoms with Crippen LogP contribution in [0.1, 0.15) is 105 Å². The van der Waals surface area contributed by atoms with Crippen molar-refractivity contribution in [1.82, 2.24) is 4.57 Å². The molecule has 0 N–H and O–H groups in total. The Bertz CT molecular complexity index is 4310. The maximum Gasteiger partial charge on any atom is 0.333 e. The molecule has 0 saturated carbocycles. The molecule has 0 fully saturated rings. The number of furan rings is 2. The maximum absolute atomic E-state index is 7.30. The molecule has 0 amide bonds. The zero-order chi connectivity index (χ0) is 52.5. The average Bonchev–Trinajstić information content (AvgIpc) is 4.15. The molecule has 6 heteroatoms. The highest BCUT2D eigenvalue weighted by Crippen LogP contribution is 2.53. The Morgan fingerprint density at radius 2 is 0.961 bits per heavy atom. The minimum atomic E-state index is -0.202. The van der Waals surface area contributed by atoms with Crippen molar-refractivity contribution < 1.29 is 8.83 Å². The van der Waals surface area contributed by atoms with Crippen molar-refractivity contribution in [2.75, 3.05) is 9.71 Å². The van der Waals surface area contributed by atoms with Crippen LogP contribution in [-0.4, -0.2) is 11.4 Å². The molecule has 5 nitrogen and oxygen atoms in total. The van der Waals surface area contributed by atoms with Crippen molar-refractivity contribution in [2.24, 2.45) is 0 Å². The summed E-state index contributed by atoms with van der Waals surface area (Å²) >= 11 is 0. The highest BCUT2D eigenvalue weighted by Gasteiger charge is 2.47. The second-order valence-electron chi connectivity index (χ2n) is 25.8. The van der Waals surface area contributed by atoms with Gasteiger partial charge in [-0.3, -0.25) is 0 Å². The van der Waals surface area contributed by atoms with Gasteiger partial charge in [-0.15, -0.1) is 0 Å². The molecule has 2 aliphatic rings. The van der Waals surface area contributed by atoms with E-state index in [1.807, 2.05) is 0 Å². The van der Waals surface area contributed by atoms with Gasteiger partial charge in [0.15, 0.2) is 0 Å². The molecule has 5 heterocycles. The number of rotatable bonds is 4. The van der Waals surface area contributed by atoms with Gasteiger partial charge >= 0.3 is 6.85 Å². The Morgan fingerprint density at radius 1 is 0.421 bits per heavy atom. The average molecular weight is 990 g/mol.